The largest absolute Gasteiger partial charge is 0.496 e. The minimum atomic E-state index is -2.11. The summed E-state index contributed by atoms with van der Waals surface area (Å²) >= 11 is 0. The zero-order valence-electron chi connectivity index (χ0n) is 22.8. The number of amides is 1. The second kappa shape index (κ2) is 9.66. The number of hydrogen-bond donors (Lipinski definition) is 2. The summed E-state index contributed by atoms with van der Waals surface area (Å²) in [6, 6.07) is 17.8. The van der Waals surface area contributed by atoms with Crippen LogP contribution in [0.2, 0.25) is 0 Å². The molecular formula is C30H33NO8. The van der Waals surface area contributed by atoms with Gasteiger partial charge in [-0.05, 0) is 17.7 Å². The maximum Gasteiger partial charge on any atom is 0.228 e. The van der Waals surface area contributed by atoms with Gasteiger partial charge in [-0.2, -0.15) is 0 Å². The fourth-order valence-corrected chi connectivity index (χ4v) is 6.30. The van der Waals surface area contributed by atoms with Gasteiger partial charge in [0.1, 0.15) is 23.4 Å². The summed E-state index contributed by atoms with van der Waals surface area (Å²) in [5, 5.41) is 25.0. The molecule has 1 amide bonds. The van der Waals surface area contributed by atoms with Gasteiger partial charge in [-0.15, -0.1) is 0 Å². The van der Waals surface area contributed by atoms with Crippen molar-refractivity contribution in [3.05, 3.63) is 77.4 Å². The van der Waals surface area contributed by atoms with E-state index in [0.717, 1.165) is 0 Å². The van der Waals surface area contributed by atoms with E-state index in [0.29, 0.717) is 28.4 Å². The molecule has 206 valence electrons. The molecule has 1 aliphatic heterocycles. The zero-order valence-corrected chi connectivity index (χ0v) is 22.8. The predicted molar refractivity (Wildman–Crippen MR) is 143 cm³/mol. The molecule has 3 aromatic rings. The molecule has 3 aromatic carbocycles. The van der Waals surface area contributed by atoms with Crippen molar-refractivity contribution in [2.24, 2.45) is 5.92 Å². The molecule has 1 aliphatic carbocycles. The number of carbonyl (C=O) groups excluding carboxylic acids is 1. The number of rotatable bonds is 7. The molecule has 0 aromatic heterocycles. The highest BCUT2D eigenvalue weighted by Gasteiger charge is 2.78. The Morgan fingerprint density at radius 1 is 0.872 bits per heavy atom. The van der Waals surface area contributed by atoms with Gasteiger partial charge < -0.3 is 38.8 Å². The molecule has 0 saturated heterocycles. The Hall–Kier alpha value is -3.95. The Morgan fingerprint density at radius 3 is 2.13 bits per heavy atom. The first-order chi connectivity index (χ1) is 18.7. The topological polar surface area (TPSA) is 107 Å². The number of methoxy groups -OCH3 is 4. The average molecular weight is 536 g/mol. The summed E-state index contributed by atoms with van der Waals surface area (Å²) in [5.41, 5.74) is -2.35. The quantitative estimate of drug-likeness (QED) is 0.476. The Morgan fingerprint density at radius 2 is 1.54 bits per heavy atom. The summed E-state index contributed by atoms with van der Waals surface area (Å²) in [4.78, 5) is 15.2. The third-order valence-electron chi connectivity index (χ3n) is 7.98. The van der Waals surface area contributed by atoms with Crippen molar-refractivity contribution in [1.29, 1.82) is 0 Å². The number of aliphatic hydroxyl groups excluding tert-OH is 1. The third kappa shape index (κ3) is 3.57. The number of nitrogens with zero attached hydrogens (tertiary/aromatic N) is 1. The Labute approximate surface area is 227 Å². The van der Waals surface area contributed by atoms with Crippen LogP contribution in [0, 0.1) is 5.92 Å². The Balaban J connectivity index is 1.91. The van der Waals surface area contributed by atoms with Crippen LogP contribution in [-0.4, -0.2) is 69.7 Å². The van der Waals surface area contributed by atoms with Gasteiger partial charge in [-0.3, -0.25) is 4.79 Å². The average Bonchev–Trinajstić information content (AvgIpc) is 3.34. The third-order valence-corrected chi connectivity index (χ3v) is 7.98. The summed E-state index contributed by atoms with van der Waals surface area (Å²) in [6.45, 7) is 0. The Kier molecular flexibility index (Phi) is 6.60. The molecule has 5 rings (SSSR count). The van der Waals surface area contributed by atoms with Crippen molar-refractivity contribution in [2.45, 2.75) is 23.2 Å². The number of aliphatic hydroxyl groups is 2. The molecule has 0 bridgehead atoms. The number of hydrogen-bond acceptors (Lipinski definition) is 8. The monoisotopic (exact) mass is 535 g/mol. The molecule has 2 N–H and O–H groups in total. The lowest BCUT2D eigenvalue weighted by Gasteiger charge is -2.41. The highest BCUT2D eigenvalue weighted by molar-refractivity contribution is 5.83. The highest BCUT2D eigenvalue weighted by Crippen LogP contribution is 2.70. The van der Waals surface area contributed by atoms with Crippen LogP contribution in [0.1, 0.15) is 22.6 Å². The number of carbonyl (C=O) groups is 1. The van der Waals surface area contributed by atoms with Crippen molar-refractivity contribution < 1.29 is 38.7 Å². The van der Waals surface area contributed by atoms with E-state index in [-0.39, 0.29) is 23.0 Å². The second-order valence-corrected chi connectivity index (χ2v) is 9.97. The van der Waals surface area contributed by atoms with E-state index in [1.807, 2.05) is 30.3 Å². The van der Waals surface area contributed by atoms with E-state index in [9.17, 15) is 15.0 Å². The van der Waals surface area contributed by atoms with Crippen LogP contribution in [0.5, 0.6) is 28.7 Å². The van der Waals surface area contributed by atoms with E-state index < -0.39 is 29.1 Å². The molecule has 1 saturated carbocycles. The van der Waals surface area contributed by atoms with Crippen LogP contribution in [0.25, 0.3) is 0 Å². The minimum absolute atomic E-state index is 0.239. The van der Waals surface area contributed by atoms with Crippen LogP contribution < -0.4 is 23.7 Å². The molecule has 9 heteroatoms. The first-order valence-corrected chi connectivity index (χ1v) is 12.5. The lowest BCUT2D eigenvalue weighted by Crippen LogP contribution is -2.52. The highest BCUT2D eigenvalue weighted by atomic mass is 16.5. The molecule has 39 heavy (non-hydrogen) atoms. The molecule has 0 radical (unpaired) electrons. The van der Waals surface area contributed by atoms with Gasteiger partial charge in [0.25, 0.3) is 0 Å². The molecule has 5 atom stereocenters. The van der Waals surface area contributed by atoms with Gasteiger partial charge in [-0.25, -0.2) is 0 Å². The second-order valence-electron chi connectivity index (χ2n) is 9.97. The van der Waals surface area contributed by atoms with Crippen LogP contribution in [0.4, 0.5) is 0 Å². The number of benzene rings is 3. The summed E-state index contributed by atoms with van der Waals surface area (Å²) < 4.78 is 29.1. The van der Waals surface area contributed by atoms with E-state index in [1.54, 1.807) is 44.4 Å². The standard InChI is InChI=1S/C30H33NO8/c1-31(2)28(33)24-25(17-10-8-7-9-11-17)30(18-12-13-20(36-4)21(14-18)37-5)29(34,27(24)32)26-22(38-6)15-19(35-3)16-23(26)39-30/h7-16,24-25,27,32,34H,1-6H3/t24?,25-,27?,29+,30+/m1/s1. The van der Waals surface area contributed by atoms with E-state index in [4.69, 9.17) is 23.7 Å². The predicted octanol–water partition coefficient (Wildman–Crippen LogP) is 3.06. The van der Waals surface area contributed by atoms with Crippen molar-refractivity contribution in [2.75, 3.05) is 42.5 Å². The van der Waals surface area contributed by atoms with Gasteiger partial charge in [0.2, 0.25) is 5.91 Å². The van der Waals surface area contributed by atoms with E-state index in [2.05, 4.69) is 0 Å². The summed E-state index contributed by atoms with van der Waals surface area (Å²) in [7, 11) is 9.27. The maximum atomic E-state index is 13.8. The SMILES string of the molecule is COc1cc(OC)c2c(c1)O[C@@]1(c3ccc(OC)c(OC)c3)[C@H](c3ccccc3)C(C(=O)N(C)C)C(O)[C@@]21O. The zero-order chi connectivity index (χ0) is 28.1. The van der Waals surface area contributed by atoms with Gasteiger partial charge in [0.15, 0.2) is 22.7 Å². The smallest absolute Gasteiger partial charge is 0.228 e. The number of ether oxygens (including phenoxy) is 5. The number of fused-ring (bicyclic) bond motifs is 3. The molecule has 1 heterocycles. The van der Waals surface area contributed by atoms with Crippen LogP contribution in [0.15, 0.2) is 60.7 Å². The lowest BCUT2D eigenvalue weighted by molar-refractivity contribution is -0.156. The molecule has 0 spiro atoms. The molecule has 9 nitrogen and oxygen atoms in total. The van der Waals surface area contributed by atoms with Gasteiger partial charge in [-0.1, -0.05) is 36.4 Å². The van der Waals surface area contributed by atoms with Crippen LogP contribution >= 0.6 is 0 Å². The fraction of sp³-hybridized carbons (Fsp3) is 0.367. The van der Waals surface area contributed by atoms with Crippen molar-refractivity contribution in [1.82, 2.24) is 4.90 Å². The first kappa shape index (κ1) is 26.6. The van der Waals surface area contributed by atoms with Gasteiger partial charge in [0, 0.05) is 37.7 Å². The van der Waals surface area contributed by atoms with Gasteiger partial charge >= 0.3 is 0 Å². The summed E-state index contributed by atoms with van der Waals surface area (Å²) in [5.74, 6) is -0.376. The van der Waals surface area contributed by atoms with E-state index in [1.165, 1.54) is 33.3 Å². The Bertz CT molecular complexity index is 1390. The minimum Gasteiger partial charge on any atom is -0.496 e. The first-order valence-electron chi connectivity index (χ1n) is 12.5. The van der Waals surface area contributed by atoms with Crippen LogP contribution in [0.3, 0.4) is 0 Å². The lowest BCUT2D eigenvalue weighted by atomic mass is 9.70. The molecule has 2 unspecified atom stereocenters. The molecular weight excluding hydrogens is 502 g/mol. The fourth-order valence-electron chi connectivity index (χ4n) is 6.30. The van der Waals surface area contributed by atoms with Crippen molar-refractivity contribution in [3.63, 3.8) is 0 Å². The molecule has 1 fully saturated rings. The summed E-state index contributed by atoms with van der Waals surface area (Å²) in [6.07, 6.45) is -1.57. The normalized spacial score (nSPS) is 26.7. The molecule has 2 aliphatic rings. The van der Waals surface area contributed by atoms with Gasteiger partial charge in [0.05, 0.1) is 39.9 Å². The maximum absolute atomic E-state index is 13.8. The van der Waals surface area contributed by atoms with Crippen molar-refractivity contribution in [3.8, 4) is 28.7 Å². The van der Waals surface area contributed by atoms with E-state index >= 15 is 0 Å². The van der Waals surface area contributed by atoms with Crippen molar-refractivity contribution >= 4 is 5.91 Å². The van der Waals surface area contributed by atoms with Crippen LogP contribution in [-0.2, 0) is 16.0 Å².